The highest BCUT2D eigenvalue weighted by Crippen LogP contribution is 2.32. The molecule has 0 aromatic carbocycles. The van der Waals surface area contributed by atoms with Crippen molar-refractivity contribution >= 4 is 0 Å². The molecule has 0 spiro atoms. The Balaban J connectivity index is 2.18. The average molecular weight is 205 g/mol. The van der Waals surface area contributed by atoms with E-state index in [1.165, 1.54) is 31.4 Å². The number of hydrogen-bond donors (Lipinski definition) is 1. The number of nitrogens with two attached hydrogens (primary N) is 1. The second-order valence-corrected chi connectivity index (χ2v) is 4.34. The summed E-state index contributed by atoms with van der Waals surface area (Å²) in [5, 5.41) is 0. The van der Waals surface area contributed by atoms with Crippen molar-refractivity contribution in [2.75, 3.05) is 0 Å². The number of nitrogens with zero attached hydrogens (tertiary/aromatic N) is 2. The molecule has 2 rings (SSSR count). The van der Waals surface area contributed by atoms with E-state index in [0.717, 1.165) is 12.2 Å². The van der Waals surface area contributed by atoms with Gasteiger partial charge in [0.05, 0.1) is 6.04 Å². The maximum Gasteiger partial charge on any atom is 0.145 e. The van der Waals surface area contributed by atoms with E-state index in [0.29, 0.717) is 5.92 Å². The number of rotatable bonds is 3. The standard InChI is InChI=1S/C12H19N3/c1-2-10(13)12-14-8-7-11(15-12)9-5-3-4-6-9/h7-10H,2-6,13H2,1H3. The molecule has 1 aromatic rings. The fourth-order valence-electron chi connectivity index (χ4n) is 2.20. The van der Waals surface area contributed by atoms with Crippen molar-refractivity contribution in [2.24, 2.45) is 5.73 Å². The zero-order chi connectivity index (χ0) is 10.7. The summed E-state index contributed by atoms with van der Waals surface area (Å²) in [7, 11) is 0. The van der Waals surface area contributed by atoms with Crippen LogP contribution in [0, 0.1) is 0 Å². The van der Waals surface area contributed by atoms with Crippen LogP contribution < -0.4 is 5.73 Å². The lowest BCUT2D eigenvalue weighted by Gasteiger charge is -2.12. The van der Waals surface area contributed by atoms with Crippen molar-refractivity contribution in [3.63, 3.8) is 0 Å². The molecule has 0 amide bonds. The van der Waals surface area contributed by atoms with Crippen LogP contribution in [0.25, 0.3) is 0 Å². The molecule has 0 aliphatic heterocycles. The molecule has 1 heterocycles. The highest BCUT2D eigenvalue weighted by molar-refractivity contribution is 5.11. The second-order valence-electron chi connectivity index (χ2n) is 4.34. The Hall–Kier alpha value is -0.960. The van der Waals surface area contributed by atoms with Crippen LogP contribution in [0.5, 0.6) is 0 Å². The van der Waals surface area contributed by atoms with Gasteiger partial charge in [0, 0.05) is 17.8 Å². The van der Waals surface area contributed by atoms with Gasteiger partial charge < -0.3 is 5.73 Å². The van der Waals surface area contributed by atoms with E-state index in [4.69, 9.17) is 5.73 Å². The molecular formula is C12H19N3. The summed E-state index contributed by atoms with van der Waals surface area (Å²) in [5.41, 5.74) is 7.13. The van der Waals surface area contributed by atoms with Crippen molar-refractivity contribution in [3.05, 3.63) is 23.8 Å². The third kappa shape index (κ3) is 2.34. The first-order valence-corrected chi connectivity index (χ1v) is 5.89. The molecule has 82 valence electrons. The smallest absolute Gasteiger partial charge is 0.145 e. The fraction of sp³-hybridized carbons (Fsp3) is 0.667. The summed E-state index contributed by atoms with van der Waals surface area (Å²) >= 11 is 0. The van der Waals surface area contributed by atoms with Gasteiger partial charge in [0.1, 0.15) is 5.82 Å². The van der Waals surface area contributed by atoms with Crippen LogP contribution in [0.3, 0.4) is 0 Å². The minimum atomic E-state index is -0.00801. The maximum absolute atomic E-state index is 5.94. The minimum absolute atomic E-state index is 0.00801. The molecule has 1 aromatic heterocycles. The molecule has 3 heteroatoms. The van der Waals surface area contributed by atoms with Gasteiger partial charge in [-0.05, 0) is 25.3 Å². The van der Waals surface area contributed by atoms with Gasteiger partial charge in [-0.2, -0.15) is 0 Å². The Morgan fingerprint density at radius 1 is 1.47 bits per heavy atom. The Morgan fingerprint density at radius 3 is 2.87 bits per heavy atom. The average Bonchev–Trinajstić information content (AvgIpc) is 2.82. The molecular weight excluding hydrogens is 186 g/mol. The van der Waals surface area contributed by atoms with Gasteiger partial charge in [0.25, 0.3) is 0 Å². The van der Waals surface area contributed by atoms with Gasteiger partial charge in [-0.3, -0.25) is 0 Å². The summed E-state index contributed by atoms with van der Waals surface area (Å²) in [4.78, 5) is 8.83. The summed E-state index contributed by atoms with van der Waals surface area (Å²) in [6, 6.07) is 2.04. The topological polar surface area (TPSA) is 51.8 Å². The molecule has 1 saturated carbocycles. The largest absolute Gasteiger partial charge is 0.321 e. The molecule has 3 nitrogen and oxygen atoms in total. The predicted octanol–water partition coefficient (Wildman–Crippen LogP) is 2.54. The molecule has 1 aliphatic carbocycles. The quantitative estimate of drug-likeness (QED) is 0.825. The van der Waals surface area contributed by atoms with E-state index < -0.39 is 0 Å². The first kappa shape index (κ1) is 10.6. The first-order chi connectivity index (χ1) is 7.31. The van der Waals surface area contributed by atoms with Crippen molar-refractivity contribution in [1.29, 1.82) is 0 Å². The van der Waals surface area contributed by atoms with Crippen molar-refractivity contribution in [3.8, 4) is 0 Å². The maximum atomic E-state index is 5.94. The van der Waals surface area contributed by atoms with Gasteiger partial charge in [-0.15, -0.1) is 0 Å². The molecule has 1 atom stereocenters. The first-order valence-electron chi connectivity index (χ1n) is 5.89. The molecule has 0 radical (unpaired) electrons. The summed E-state index contributed by atoms with van der Waals surface area (Å²) in [5.74, 6) is 1.46. The van der Waals surface area contributed by atoms with Crippen LogP contribution >= 0.6 is 0 Å². The zero-order valence-electron chi connectivity index (χ0n) is 9.32. The molecule has 1 unspecified atom stereocenters. The fourth-order valence-corrected chi connectivity index (χ4v) is 2.20. The SMILES string of the molecule is CCC(N)c1nccc(C2CCCC2)n1. The summed E-state index contributed by atoms with van der Waals surface area (Å²) in [6.45, 7) is 2.07. The minimum Gasteiger partial charge on any atom is -0.321 e. The van der Waals surface area contributed by atoms with Gasteiger partial charge in [0.15, 0.2) is 0 Å². The van der Waals surface area contributed by atoms with Gasteiger partial charge in [-0.25, -0.2) is 9.97 Å². The van der Waals surface area contributed by atoms with E-state index >= 15 is 0 Å². The highest BCUT2D eigenvalue weighted by Gasteiger charge is 2.19. The van der Waals surface area contributed by atoms with Gasteiger partial charge in [-0.1, -0.05) is 19.8 Å². The van der Waals surface area contributed by atoms with E-state index in [9.17, 15) is 0 Å². The zero-order valence-corrected chi connectivity index (χ0v) is 9.32. The van der Waals surface area contributed by atoms with Crippen LogP contribution in [0.2, 0.25) is 0 Å². The lowest BCUT2D eigenvalue weighted by atomic mass is 10.0. The Labute approximate surface area is 91.1 Å². The molecule has 0 saturated heterocycles. The normalized spacial score (nSPS) is 19.3. The highest BCUT2D eigenvalue weighted by atomic mass is 14.9. The lowest BCUT2D eigenvalue weighted by molar-refractivity contribution is 0.621. The summed E-state index contributed by atoms with van der Waals surface area (Å²) in [6.07, 6.45) is 7.98. The van der Waals surface area contributed by atoms with E-state index in [2.05, 4.69) is 16.9 Å². The molecule has 2 N–H and O–H groups in total. The molecule has 1 fully saturated rings. The van der Waals surface area contributed by atoms with E-state index in [1.807, 2.05) is 12.3 Å². The van der Waals surface area contributed by atoms with Crippen LogP contribution in [0.1, 0.15) is 62.5 Å². The molecule has 1 aliphatic rings. The Kier molecular flexibility index (Phi) is 3.31. The van der Waals surface area contributed by atoms with Crippen LogP contribution in [0.15, 0.2) is 12.3 Å². The van der Waals surface area contributed by atoms with Crippen LogP contribution in [0.4, 0.5) is 0 Å². The van der Waals surface area contributed by atoms with E-state index in [-0.39, 0.29) is 6.04 Å². The van der Waals surface area contributed by atoms with E-state index in [1.54, 1.807) is 0 Å². The lowest BCUT2D eigenvalue weighted by Crippen LogP contribution is -2.14. The number of hydrogen-bond acceptors (Lipinski definition) is 3. The van der Waals surface area contributed by atoms with Crippen molar-refractivity contribution in [2.45, 2.75) is 51.0 Å². The molecule has 15 heavy (non-hydrogen) atoms. The van der Waals surface area contributed by atoms with Gasteiger partial charge in [0.2, 0.25) is 0 Å². The van der Waals surface area contributed by atoms with Crippen LogP contribution in [-0.4, -0.2) is 9.97 Å². The van der Waals surface area contributed by atoms with Crippen molar-refractivity contribution < 1.29 is 0 Å². The van der Waals surface area contributed by atoms with Gasteiger partial charge >= 0.3 is 0 Å². The Morgan fingerprint density at radius 2 is 2.20 bits per heavy atom. The third-order valence-electron chi connectivity index (χ3n) is 3.24. The van der Waals surface area contributed by atoms with Crippen molar-refractivity contribution in [1.82, 2.24) is 9.97 Å². The van der Waals surface area contributed by atoms with Crippen LogP contribution in [-0.2, 0) is 0 Å². The molecule has 0 bridgehead atoms. The Bertz CT molecular complexity index is 318. The predicted molar refractivity (Wildman–Crippen MR) is 60.5 cm³/mol. The number of aromatic nitrogens is 2. The monoisotopic (exact) mass is 205 g/mol. The summed E-state index contributed by atoms with van der Waals surface area (Å²) < 4.78 is 0. The second kappa shape index (κ2) is 4.71. The third-order valence-corrected chi connectivity index (χ3v) is 3.24.